The van der Waals surface area contributed by atoms with Crippen molar-refractivity contribution in [3.05, 3.63) is 74.5 Å². The topological polar surface area (TPSA) is 69.0 Å². The molecule has 0 aliphatic carbocycles. The molecule has 156 valence electrons. The molecule has 0 unspecified atom stereocenters. The molecule has 0 amide bonds. The number of rotatable bonds is 4. The summed E-state index contributed by atoms with van der Waals surface area (Å²) in [7, 11) is 0. The van der Waals surface area contributed by atoms with Crippen LogP contribution in [0.5, 0.6) is 0 Å². The molecule has 0 saturated carbocycles. The summed E-state index contributed by atoms with van der Waals surface area (Å²) in [5.41, 5.74) is 4.81. The van der Waals surface area contributed by atoms with Crippen LogP contribution in [0.3, 0.4) is 0 Å². The van der Waals surface area contributed by atoms with E-state index in [9.17, 15) is 9.59 Å². The van der Waals surface area contributed by atoms with Crippen molar-refractivity contribution in [3.8, 4) is 0 Å². The van der Waals surface area contributed by atoms with Crippen molar-refractivity contribution in [2.75, 3.05) is 18.0 Å². The average Bonchev–Trinajstić information content (AvgIpc) is 2.80. The molecule has 2 aromatic heterocycles. The fraction of sp³-hybridized carbons (Fsp3) is 0.231. The third-order valence-electron chi connectivity index (χ3n) is 6.31. The number of anilines is 1. The Morgan fingerprint density at radius 3 is 2.23 bits per heavy atom. The molecule has 0 aliphatic rings. The smallest absolute Gasteiger partial charge is 0.199 e. The summed E-state index contributed by atoms with van der Waals surface area (Å²) < 4.78 is 0. The highest BCUT2D eigenvalue weighted by atomic mass is 16.1. The Labute approximate surface area is 179 Å². The molecule has 3 aromatic carbocycles. The Kier molecular flexibility index (Phi) is 4.54. The Morgan fingerprint density at radius 1 is 0.742 bits per heavy atom. The van der Waals surface area contributed by atoms with Crippen LogP contribution in [0.25, 0.3) is 43.6 Å². The molecule has 0 atom stereocenters. The van der Waals surface area contributed by atoms with Gasteiger partial charge >= 0.3 is 0 Å². The molecule has 0 fully saturated rings. The van der Waals surface area contributed by atoms with E-state index >= 15 is 0 Å². The number of aromatic amines is 2. The van der Waals surface area contributed by atoms with E-state index in [1.165, 1.54) is 0 Å². The summed E-state index contributed by atoms with van der Waals surface area (Å²) in [4.78, 5) is 36.4. The van der Waals surface area contributed by atoms with E-state index in [1.54, 1.807) is 0 Å². The summed E-state index contributed by atoms with van der Waals surface area (Å²) in [6.07, 6.45) is 0.779. The van der Waals surface area contributed by atoms with Gasteiger partial charge in [-0.1, -0.05) is 31.2 Å². The lowest BCUT2D eigenvalue weighted by Gasteiger charge is -2.25. The molecule has 5 heteroatoms. The summed E-state index contributed by atoms with van der Waals surface area (Å²) in [6.45, 7) is 7.66. The number of H-pyrrole nitrogens is 2. The van der Waals surface area contributed by atoms with E-state index in [-0.39, 0.29) is 10.9 Å². The molecule has 0 spiro atoms. The normalized spacial score (nSPS) is 11.7. The van der Waals surface area contributed by atoms with Gasteiger partial charge in [-0.05, 0) is 50.1 Å². The standard InChI is InChI=1S/C26H25N3O2/c1-4-15-10-9-13-19-21(15)26(31)22-20(27-19)14-17-23(24(22)29(5-2)6-3)28-18-12-8-7-11-16(18)25(17)30/h7-14H,4-6H2,1-3H3,(H,27,31)(H,28,30). The van der Waals surface area contributed by atoms with Gasteiger partial charge in [0.1, 0.15) is 0 Å². The number of nitrogens with zero attached hydrogens (tertiary/aromatic N) is 1. The van der Waals surface area contributed by atoms with Crippen LogP contribution >= 0.6 is 0 Å². The fourth-order valence-corrected chi connectivity index (χ4v) is 4.77. The van der Waals surface area contributed by atoms with E-state index in [1.807, 2.05) is 48.5 Å². The minimum absolute atomic E-state index is 0.0130. The van der Waals surface area contributed by atoms with Crippen LogP contribution in [-0.2, 0) is 6.42 Å². The first-order valence-electron chi connectivity index (χ1n) is 10.9. The van der Waals surface area contributed by atoms with Crippen LogP contribution < -0.4 is 15.8 Å². The van der Waals surface area contributed by atoms with Crippen LogP contribution in [0.1, 0.15) is 26.3 Å². The average molecular weight is 412 g/mol. The highest BCUT2D eigenvalue weighted by Crippen LogP contribution is 2.33. The van der Waals surface area contributed by atoms with Crippen LogP contribution in [0.4, 0.5) is 5.69 Å². The van der Waals surface area contributed by atoms with Crippen molar-refractivity contribution >= 4 is 49.3 Å². The van der Waals surface area contributed by atoms with E-state index < -0.39 is 0 Å². The number of para-hydroxylation sites is 1. The molecule has 0 radical (unpaired) electrons. The third-order valence-corrected chi connectivity index (χ3v) is 6.31. The maximum absolute atomic E-state index is 13.9. The predicted octanol–water partition coefficient (Wildman–Crippen LogP) is 5.08. The molecule has 0 bridgehead atoms. The molecule has 0 saturated heterocycles. The van der Waals surface area contributed by atoms with Crippen molar-refractivity contribution in [2.45, 2.75) is 27.2 Å². The molecular formula is C26H25N3O2. The van der Waals surface area contributed by atoms with Crippen LogP contribution in [-0.4, -0.2) is 23.1 Å². The van der Waals surface area contributed by atoms with Crippen molar-refractivity contribution in [2.24, 2.45) is 0 Å². The highest BCUT2D eigenvalue weighted by molar-refractivity contribution is 6.13. The molecular weight excluding hydrogens is 386 g/mol. The van der Waals surface area contributed by atoms with Gasteiger partial charge in [-0.15, -0.1) is 0 Å². The largest absolute Gasteiger partial charge is 0.370 e. The quantitative estimate of drug-likeness (QED) is 0.405. The number of fused-ring (bicyclic) bond motifs is 4. The number of pyridine rings is 2. The zero-order valence-corrected chi connectivity index (χ0v) is 18.0. The first kappa shape index (κ1) is 19.4. The Balaban J connectivity index is 2.10. The van der Waals surface area contributed by atoms with Crippen LogP contribution in [0.2, 0.25) is 0 Å². The third kappa shape index (κ3) is 2.76. The Bertz CT molecular complexity index is 1590. The second kappa shape index (κ2) is 7.27. The van der Waals surface area contributed by atoms with Crippen molar-refractivity contribution in [3.63, 3.8) is 0 Å². The summed E-state index contributed by atoms with van der Waals surface area (Å²) >= 11 is 0. The molecule has 31 heavy (non-hydrogen) atoms. The van der Waals surface area contributed by atoms with Gasteiger partial charge < -0.3 is 14.9 Å². The fourth-order valence-electron chi connectivity index (χ4n) is 4.77. The first-order valence-corrected chi connectivity index (χ1v) is 10.9. The second-order valence-electron chi connectivity index (χ2n) is 7.89. The summed E-state index contributed by atoms with van der Waals surface area (Å²) in [5.74, 6) is 0. The molecule has 5 aromatic rings. The zero-order chi connectivity index (χ0) is 21.7. The van der Waals surface area contributed by atoms with Gasteiger partial charge in [0, 0.05) is 29.4 Å². The Morgan fingerprint density at radius 2 is 1.48 bits per heavy atom. The second-order valence-corrected chi connectivity index (χ2v) is 7.89. The van der Waals surface area contributed by atoms with Gasteiger partial charge in [0.05, 0.1) is 33.0 Å². The van der Waals surface area contributed by atoms with Gasteiger partial charge in [-0.2, -0.15) is 0 Å². The van der Waals surface area contributed by atoms with E-state index in [4.69, 9.17) is 0 Å². The minimum atomic E-state index is -0.0251. The van der Waals surface area contributed by atoms with E-state index in [0.717, 1.165) is 52.7 Å². The number of aromatic nitrogens is 2. The van der Waals surface area contributed by atoms with Crippen molar-refractivity contribution in [1.82, 2.24) is 9.97 Å². The maximum Gasteiger partial charge on any atom is 0.199 e. The van der Waals surface area contributed by atoms with E-state index in [0.29, 0.717) is 21.7 Å². The molecule has 5 nitrogen and oxygen atoms in total. The van der Waals surface area contributed by atoms with Crippen LogP contribution in [0.15, 0.2) is 58.1 Å². The Hall–Kier alpha value is -3.60. The lowest BCUT2D eigenvalue weighted by Crippen LogP contribution is -2.25. The summed E-state index contributed by atoms with van der Waals surface area (Å²) in [5, 5.41) is 2.61. The first-order chi connectivity index (χ1) is 15.1. The van der Waals surface area contributed by atoms with Gasteiger partial charge in [-0.3, -0.25) is 9.59 Å². The van der Waals surface area contributed by atoms with Gasteiger partial charge in [-0.25, -0.2) is 0 Å². The van der Waals surface area contributed by atoms with Crippen molar-refractivity contribution < 1.29 is 0 Å². The predicted molar refractivity (Wildman–Crippen MR) is 131 cm³/mol. The van der Waals surface area contributed by atoms with Crippen molar-refractivity contribution in [1.29, 1.82) is 0 Å². The number of aryl methyl sites for hydroxylation is 1. The molecule has 0 aliphatic heterocycles. The molecule has 2 heterocycles. The number of hydrogen-bond acceptors (Lipinski definition) is 3. The van der Waals surface area contributed by atoms with Gasteiger partial charge in [0.25, 0.3) is 0 Å². The number of hydrogen-bond donors (Lipinski definition) is 2. The summed E-state index contributed by atoms with van der Waals surface area (Å²) in [6, 6.07) is 15.3. The highest BCUT2D eigenvalue weighted by Gasteiger charge is 2.20. The molecule has 2 N–H and O–H groups in total. The van der Waals surface area contributed by atoms with Crippen LogP contribution in [0, 0.1) is 0 Å². The van der Waals surface area contributed by atoms with Gasteiger partial charge in [0.2, 0.25) is 0 Å². The zero-order valence-electron chi connectivity index (χ0n) is 18.0. The molecule has 5 rings (SSSR count). The number of nitrogens with one attached hydrogen (secondary N) is 2. The monoisotopic (exact) mass is 411 g/mol. The van der Waals surface area contributed by atoms with E-state index in [2.05, 4.69) is 35.6 Å². The van der Waals surface area contributed by atoms with Gasteiger partial charge in [0.15, 0.2) is 10.9 Å². The minimum Gasteiger partial charge on any atom is -0.370 e. The maximum atomic E-state index is 13.9. The number of benzene rings is 3. The SMILES string of the molecule is CCc1cccc2[nH]c3cc4c(=O)c5ccccc5[nH]c4c(N(CC)CC)c3c(=O)c12. The lowest BCUT2D eigenvalue weighted by atomic mass is 9.99. The lowest BCUT2D eigenvalue weighted by molar-refractivity contribution is 0.873.